The van der Waals surface area contributed by atoms with Crippen molar-refractivity contribution in [1.82, 2.24) is 5.32 Å². The first kappa shape index (κ1) is 13.7. The second-order valence-corrected chi connectivity index (χ2v) is 6.31. The fourth-order valence-electron chi connectivity index (χ4n) is 2.45. The highest BCUT2D eigenvalue weighted by molar-refractivity contribution is 9.09. The molecule has 18 heavy (non-hydrogen) atoms. The third-order valence-corrected chi connectivity index (χ3v) is 4.32. The molecule has 1 saturated carbocycles. The molecule has 0 radical (unpaired) electrons. The molecule has 0 bridgehead atoms. The van der Waals surface area contributed by atoms with Gasteiger partial charge in [0.05, 0.1) is 6.26 Å². The van der Waals surface area contributed by atoms with Crippen molar-refractivity contribution < 1.29 is 9.21 Å². The second-order valence-electron chi connectivity index (χ2n) is 5.01. The van der Waals surface area contributed by atoms with Gasteiger partial charge in [0, 0.05) is 24.2 Å². The van der Waals surface area contributed by atoms with Crippen LogP contribution in [0, 0.1) is 5.92 Å². The number of alkyl halides is 1. The van der Waals surface area contributed by atoms with Gasteiger partial charge < -0.3 is 9.73 Å². The lowest BCUT2D eigenvalue weighted by Gasteiger charge is -2.25. The maximum absolute atomic E-state index is 11.7. The molecule has 0 aromatic carbocycles. The van der Waals surface area contributed by atoms with Gasteiger partial charge in [0.15, 0.2) is 0 Å². The Hall–Kier alpha value is -0.770. The highest BCUT2D eigenvalue weighted by atomic mass is 79.9. The number of rotatable bonds is 5. The number of hydrogen-bond acceptors (Lipinski definition) is 2. The van der Waals surface area contributed by atoms with Crippen LogP contribution in [0.5, 0.6) is 0 Å². The predicted octanol–water partition coefficient (Wildman–Crippen LogP) is 3.28. The number of carbonyl (C=O) groups is 1. The summed E-state index contributed by atoms with van der Waals surface area (Å²) >= 11 is 3.67. The van der Waals surface area contributed by atoms with E-state index < -0.39 is 0 Å². The summed E-state index contributed by atoms with van der Waals surface area (Å²) in [5.74, 6) is 1.64. The highest BCUT2D eigenvalue weighted by Crippen LogP contribution is 2.28. The third kappa shape index (κ3) is 4.48. The lowest BCUT2D eigenvalue weighted by atomic mass is 9.89. The molecule has 1 heterocycles. The molecule has 1 aromatic rings. The van der Waals surface area contributed by atoms with Crippen molar-refractivity contribution in [3.05, 3.63) is 24.2 Å². The van der Waals surface area contributed by atoms with E-state index in [9.17, 15) is 4.79 Å². The van der Waals surface area contributed by atoms with Gasteiger partial charge in [0.1, 0.15) is 5.76 Å². The van der Waals surface area contributed by atoms with Crippen LogP contribution in [0.4, 0.5) is 0 Å². The first-order valence-corrected chi connectivity index (χ1v) is 7.59. The lowest BCUT2D eigenvalue weighted by Crippen LogP contribution is -2.32. The van der Waals surface area contributed by atoms with Crippen LogP contribution >= 0.6 is 15.9 Å². The Labute approximate surface area is 116 Å². The standard InChI is InChI=1S/C14H20BrNO2/c15-12-4-1-3-11(9-12)10-16-14(17)7-6-13-5-2-8-18-13/h2,5,8,11-12H,1,3-4,6-7,9-10H2,(H,16,17). The maximum Gasteiger partial charge on any atom is 0.220 e. The molecule has 0 saturated heterocycles. The number of halogens is 1. The molecule has 1 N–H and O–H groups in total. The molecule has 4 heteroatoms. The van der Waals surface area contributed by atoms with E-state index >= 15 is 0 Å². The first-order chi connectivity index (χ1) is 8.74. The number of amides is 1. The van der Waals surface area contributed by atoms with E-state index in [2.05, 4.69) is 21.2 Å². The molecule has 1 aromatic heterocycles. The molecule has 2 atom stereocenters. The van der Waals surface area contributed by atoms with Gasteiger partial charge in [-0.05, 0) is 37.3 Å². The van der Waals surface area contributed by atoms with Crippen LogP contribution in [0.15, 0.2) is 22.8 Å². The molecule has 1 fully saturated rings. The fourth-order valence-corrected chi connectivity index (χ4v) is 3.30. The minimum Gasteiger partial charge on any atom is -0.469 e. The van der Waals surface area contributed by atoms with Crippen LogP contribution in [-0.4, -0.2) is 17.3 Å². The molecule has 100 valence electrons. The van der Waals surface area contributed by atoms with Crippen molar-refractivity contribution in [3.63, 3.8) is 0 Å². The second kappa shape index (κ2) is 6.98. The minimum absolute atomic E-state index is 0.128. The first-order valence-electron chi connectivity index (χ1n) is 6.67. The maximum atomic E-state index is 11.7. The number of aryl methyl sites for hydroxylation is 1. The normalized spacial score (nSPS) is 23.8. The van der Waals surface area contributed by atoms with Crippen molar-refractivity contribution in [1.29, 1.82) is 0 Å². The summed E-state index contributed by atoms with van der Waals surface area (Å²) < 4.78 is 5.21. The predicted molar refractivity (Wildman–Crippen MR) is 74.7 cm³/mol. The Bertz CT molecular complexity index is 364. The lowest BCUT2D eigenvalue weighted by molar-refractivity contribution is -0.121. The summed E-state index contributed by atoms with van der Waals surface area (Å²) in [5, 5.41) is 3.03. The molecule has 0 aliphatic heterocycles. The molecule has 2 unspecified atom stereocenters. The van der Waals surface area contributed by atoms with Gasteiger partial charge in [0.2, 0.25) is 5.91 Å². The van der Waals surface area contributed by atoms with E-state index in [4.69, 9.17) is 4.42 Å². The molecule has 0 spiro atoms. The SMILES string of the molecule is O=C(CCc1ccco1)NCC1CCCC(Br)C1. The minimum atomic E-state index is 0.128. The van der Waals surface area contributed by atoms with Crippen LogP contribution in [-0.2, 0) is 11.2 Å². The van der Waals surface area contributed by atoms with Gasteiger partial charge in [-0.1, -0.05) is 22.4 Å². The summed E-state index contributed by atoms with van der Waals surface area (Å²) in [5.41, 5.74) is 0. The average molecular weight is 314 g/mol. The zero-order valence-corrected chi connectivity index (χ0v) is 12.1. The summed E-state index contributed by atoms with van der Waals surface area (Å²) in [6.07, 6.45) is 7.79. The smallest absolute Gasteiger partial charge is 0.220 e. The monoisotopic (exact) mass is 313 g/mol. The summed E-state index contributed by atoms with van der Waals surface area (Å²) in [4.78, 5) is 12.3. The molecule has 3 nitrogen and oxygen atoms in total. The van der Waals surface area contributed by atoms with Gasteiger partial charge in [-0.25, -0.2) is 0 Å². The average Bonchev–Trinajstić information content (AvgIpc) is 2.87. The van der Waals surface area contributed by atoms with Gasteiger partial charge in [0.25, 0.3) is 0 Å². The fraction of sp³-hybridized carbons (Fsp3) is 0.643. The number of carbonyl (C=O) groups excluding carboxylic acids is 1. The summed E-state index contributed by atoms with van der Waals surface area (Å²) in [6.45, 7) is 0.819. The van der Waals surface area contributed by atoms with E-state index in [1.165, 1.54) is 25.7 Å². The van der Waals surface area contributed by atoms with Crippen molar-refractivity contribution in [2.45, 2.75) is 43.4 Å². The summed E-state index contributed by atoms with van der Waals surface area (Å²) in [7, 11) is 0. The van der Waals surface area contributed by atoms with E-state index in [1.54, 1.807) is 6.26 Å². The number of nitrogens with one attached hydrogen (secondary N) is 1. The Morgan fingerprint density at radius 2 is 2.39 bits per heavy atom. The van der Waals surface area contributed by atoms with Gasteiger partial charge in [-0.3, -0.25) is 4.79 Å². The van der Waals surface area contributed by atoms with Gasteiger partial charge in [-0.2, -0.15) is 0 Å². The van der Waals surface area contributed by atoms with Gasteiger partial charge >= 0.3 is 0 Å². The Morgan fingerprint density at radius 3 is 3.11 bits per heavy atom. The molecular formula is C14H20BrNO2. The Balaban J connectivity index is 1.62. The van der Waals surface area contributed by atoms with Crippen molar-refractivity contribution in [2.24, 2.45) is 5.92 Å². The van der Waals surface area contributed by atoms with Crippen LogP contribution in [0.2, 0.25) is 0 Å². The molecule has 1 amide bonds. The van der Waals surface area contributed by atoms with E-state index in [1.807, 2.05) is 12.1 Å². The molecular weight excluding hydrogens is 294 g/mol. The quantitative estimate of drug-likeness (QED) is 0.848. The van der Waals surface area contributed by atoms with E-state index in [0.717, 1.165) is 12.3 Å². The zero-order valence-electron chi connectivity index (χ0n) is 10.5. The zero-order chi connectivity index (χ0) is 12.8. The molecule has 1 aliphatic carbocycles. The van der Waals surface area contributed by atoms with E-state index in [-0.39, 0.29) is 5.91 Å². The Kier molecular flexibility index (Phi) is 5.29. The van der Waals surface area contributed by atoms with Gasteiger partial charge in [-0.15, -0.1) is 0 Å². The van der Waals surface area contributed by atoms with Crippen molar-refractivity contribution in [3.8, 4) is 0 Å². The van der Waals surface area contributed by atoms with Crippen LogP contribution in [0.3, 0.4) is 0 Å². The third-order valence-electron chi connectivity index (χ3n) is 3.49. The Morgan fingerprint density at radius 1 is 1.50 bits per heavy atom. The van der Waals surface area contributed by atoms with Crippen molar-refractivity contribution >= 4 is 21.8 Å². The van der Waals surface area contributed by atoms with Crippen LogP contribution in [0.1, 0.15) is 37.9 Å². The summed E-state index contributed by atoms with van der Waals surface area (Å²) in [6, 6.07) is 3.76. The van der Waals surface area contributed by atoms with Crippen LogP contribution in [0.25, 0.3) is 0 Å². The van der Waals surface area contributed by atoms with Crippen molar-refractivity contribution in [2.75, 3.05) is 6.54 Å². The largest absolute Gasteiger partial charge is 0.469 e. The topological polar surface area (TPSA) is 42.2 Å². The number of furan rings is 1. The number of hydrogen-bond donors (Lipinski definition) is 1. The molecule has 2 rings (SSSR count). The highest BCUT2D eigenvalue weighted by Gasteiger charge is 2.20. The van der Waals surface area contributed by atoms with E-state index in [0.29, 0.717) is 23.6 Å². The molecule has 1 aliphatic rings. The van der Waals surface area contributed by atoms with Crippen LogP contribution < -0.4 is 5.32 Å².